The Morgan fingerprint density at radius 1 is 0.971 bits per heavy atom. The Morgan fingerprint density at radius 3 is 2.29 bits per heavy atom. The van der Waals surface area contributed by atoms with E-state index < -0.39 is 11.7 Å². The number of carbonyl (C=O) groups is 2. The Morgan fingerprint density at radius 2 is 1.62 bits per heavy atom. The molecule has 172 valence electrons. The highest BCUT2D eigenvalue weighted by Gasteiger charge is 2.12. The molecule has 1 N–H and O–H groups in total. The second-order valence-electron chi connectivity index (χ2n) is 7.97. The highest BCUT2D eigenvalue weighted by atomic mass is 32.1. The summed E-state index contributed by atoms with van der Waals surface area (Å²) >= 11 is 1.37. The molecule has 0 bridgehead atoms. The monoisotopic (exact) mass is 473 g/mol. The van der Waals surface area contributed by atoms with Crippen LogP contribution in [0.15, 0.2) is 89.2 Å². The highest BCUT2D eigenvalue weighted by Crippen LogP contribution is 2.14. The number of aromatic nitrogens is 1. The van der Waals surface area contributed by atoms with E-state index in [1.54, 1.807) is 12.1 Å². The first-order valence-corrected chi connectivity index (χ1v) is 11.7. The first-order valence-electron chi connectivity index (χ1n) is 10.8. The van der Waals surface area contributed by atoms with E-state index in [0.717, 1.165) is 16.8 Å². The smallest absolute Gasteiger partial charge is 0.279 e. The lowest BCUT2D eigenvalue weighted by atomic mass is 10.1. The van der Waals surface area contributed by atoms with E-state index >= 15 is 0 Å². The van der Waals surface area contributed by atoms with E-state index in [0.29, 0.717) is 22.5 Å². The molecule has 4 rings (SSSR count). The Hall–Kier alpha value is -3.84. The zero-order chi connectivity index (χ0) is 24.1. The summed E-state index contributed by atoms with van der Waals surface area (Å²) in [6.45, 7) is 4.41. The average molecular weight is 474 g/mol. The molecular formula is C27H24FN3O2S. The quantitative estimate of drug-likeness (QED) is 0.414. The van der Waals surface area contributed by atoms with Gasteiger partial charge >= 0.3 is 0 Å². The number of amides is 2. The summed E-state index contributed by atoms with van der Waals surface area (Å²) in [5, 5.41) is 4.95. The third-order valence-electron chi connectivity index (χ3n) is 5.48. The molecule has 1 heterocycles. The van der Waals surface area contributed by atoms with Crippen LogP contribution in [0.3, 0.4) is 0 Å². The van der Waals surface area contributed by atoms with Gasteiger partial charge in [0.15, 0.2) is 4.80 Å². The maximum atomic E-state index is 13.1. The van der Waals surface area contributed by atoms with E-state index in [1.807, 2.05) is 66.3 Å². The van der Waals surface area contributed by atoms with Gasteiger partial charge < -0.3 is 9.88 Å². The lowest BCUT2D eigenvalue weighted by Gasteiger charge is -2.14. The molecule has 0 aliphatic rings. The van der Waals surface area contributed by atoms with Crippen molar-refractivity contribution < 1.29 is 14.0 Å². The van der Waals surface area contributed by atoms with Crippen LogP contribution in [0, 0.1) is 12.7 Å². The van der Waals surface area contributed by atoms with Crippen molar-refractivity contribution in [2.45, 2.75) is 26.4 Å². The molecule has 0 aliphatic heterocycles. The molecule has 0 radical (unpaired) electrons. The normalized spacial score (nSPS) is 12.4. The molecule has 5 nitrogen and oxygen atoms in total. The molecule has 0 aliphatic carbocycles. The minimum atomic E-state index is -0.421. The van der Waals surface area contributed by atoms with Gasteiger partial charge in [0.25, 0.3) is 11.8 Å². The number of nitrogens with zero attached hydrogens (tertiary/aromatic N) is 2. The standard InChI is InChI=1S/C27H24FN3O2S/c1-18-17-34-27(30-26(33)23-12-14-24(28)15-13-23)31(18)16-20-8-10-22(11-9-20)25(32)29-19(2)21-6-4-3-5-7-21/h3-15,17,19H,16H2,1-2H3,(H,29,32)/t19-/m1/s1. The fourth-order valence-corrected chi connectivity index (χ4v) is 4.36. The predicted molar refractivity (Wildman–Crippen MR) is 131 cm³/mol. The van der Waals surface area contributed by atoms with Crippen molar-refractivity contribution in [1.82, 2.24) is 9.88 Å². The minimum absolute atomic E-state index is 0.0970. The van der Waals surface area contributed by atoms with Crippen molar-refractivity contribution >= 4 is 23.2 Å². The van der Waals surface area contributed by atoms with Crippen LogP contribution in [0.4, 0.5) is 4.39 Å². The van der Waals surface area contributed by atoms with Crippen LogP contribution in [0.2, 0.25) is 0 Å². The van der Waals surface area contributed by atoms with Crippen LogP contribution in [0.25, 0.3) is 0 Å². The van der Waals surface area contributed by atoms with Crippen molar-refractivity contribution in [3.8, 4) is 0 Å². The number of nitrogens with one attached hydrogen (secondary N) is 1. The summed E-state index contributed by atoms with van der Waals surface area (Å²) in [4.78, 5) is 30.0. The second kappa shape index (κ2) is 10.4. The van der Waals surface area contributed by atoms with Gasteiger partial charge in [-0.2, -0.15) is 4.99 Å². The summed E-state index contributed by atoms with van der Waals surface area (Å²) in [5.41, 5.74) is 3.90. The second-order valence-corrected chi connectivity index (χ2v) is 8.81. The summed E-state index contributed by atoms with van der Waals surface area (Å²) in [5.74, 6) is -0.955. The molecule has 7 heteroatoms. The van der Waals surface area contributed by atoms with Crippen LogP contribution in [-0.4, -0.2) is 16.4 Å². The number of hydrogen-bond acceptors (Lipinski definition) is 3. The van der Waals surface area contributed by atoms with Crippen molar-refractivity contribution in [3.63, 3.8) is 0 Å². The third-order valence-corrected chi connectivity index (χ3v) is 6.47. The largest absolute Gasteiger partial charge is 0.346 e. The van der Waals surface area contributed by atoms with Gasteiger partial charge in [0.1, 0.15) is 5.82 Å². The Kier molecular flexibility index (Phi) is 7.13. The van der Waals surface area contributed by atoms with Gasteiger partial charge in [0, 0.05) is 22.2 Å². The van der Waals surface area contributed by atoms with Gasteiger partial charge in [-0.25, -0.2) is 4.39 Å². The maximum absolute atomic E-state index is 13.1. The number of halogens is 1. The molecule has 1 atom stereocenters. The Labute approximate surface area is 201 Å². The third kappa shape index (κ3) is 5.55. The molecule has 0 saturated heterocycles. The predicted octanol–water partition coefficient (Wildman–Crippen LogP) is 5.28. The molecule has 0 saturated carbocycles. The van der Waals surface area contributed by atoms with Gasteiger partial charge in [-0.15, -0.1) is 11.3 Å². The molecule has 4 aromatic rings. The molecule has 3 aromatic carbocycles. The number of benzene rings is 3. The van der Waals surface area contributed by atoms with Crippen LogP contribution in [-0.2, 0) is 6.54 Å². The van der Waals surface area contributed by atoms with Crippen molar-refractivity contribution in [3.05, 3.63) is 123 Å². The SMILES string of the molecule is Cc1csc(=NC(=O)c2ccc(F)cc2)n1Cc1ccc(C(=O)N[C@H](C)c2ccccc2)cc1. The average Bonchev–Trinajstić information content (AvgIpc) is 3.19. The van der Waals surface area contributed by atoms with E-state index in [4.69, 9.17) is 0 Å². The lowest BCUT2D eigenvalue weighted by molar-refractivity contribution is 0.0938. The summed E-state index contributed by atoms with van der Waals surface area (Å²) in [6, 6.07) is 22.4. The zero-order valence-electron chi connectivity index (χ0n) is 18.9. The summed E-state index contributed by atoms with van der Waals surface area (Å²) < 4.78 is 15.1. The zero-order valence-corrected chi connectivity index (χ0v) is 19.7. The van der Waals surface area contributed by atoms with E-state index in [9.17, 15) is 14.0 Å². The fourth-order valence-electron chi connectivity index (χ4n) is 3.49. The van der Waals surface area contributed by atoms with Gasteiger partial charge in [0.2, 0.25) is 0 Å². The number of hydrogen-bond donors (Lipinski definition) is 1. The Bertz CT molecular complexity index is 1360. The Balaban J connectivity index is 1.47. The van der Waals surface area contributed by atoms with Gasteiger partial charge in [-0.1, -0.05) is 42.5 Å². The molecule has 2 amide bonds. The van der Waals surface area contributed by atoms with E-state index in [-0.39, 0.29) is 11.9 Å². The first-order chi connectivity index (χ1) is 16.4. The van der Waals surface area contributed by atoms with E-state index in [2.05, 4.69) is 10.3 Å². The van der Waals surface area contributed by atoms with Gasteiger partial charge in [-0.05, 0) is 61.4 Å². The van der Waals surface area contributed by atoms with Crippen molar-refractivity contribution in [1.29, 1.82) is 0 Å². The number of carbonyl (C=O) groups excluding carboxylic acids is 2. The number of aryl methyl sites for hydroxylation is 1. The van der Waals surface area contributed by atoms with Crippen molar-refractivity contribution in [2.75, 3.05) is 0 Å². The molecule has 34 heavy (non-hydrogen) atoms. The molecular weight excluding hydrogens is 449 g/mol. The topological polar surface area (TPSA) is 63.5 Å². The fraction of sp³-hybridized carbons (Fsp3) is 0.148. The van der Waals surface area contributed by atoms with Gasteiger partial charge in [-0.3, -0.25) is 9.59 Å². The number of thiazole rings is 1. The molecule has 1 aromatic heterocycles. The van der Waals surface area contributed by atoms with Crippen LogP contribution < -0.4 is 10.1 Å². The lowest BCUT2D eigenvalue weighted by Crippen LogP contribution is -2.26. The summed E-state index contributed by atoms with van der Waals surface area (Å²) in [7, 11) is 0. The summed E-state index contributed by atoms with van der Waals surface area (Å²) in [6.07, 6.45) is 0. The van der Waals surface area contributed by atoms with E-state index in [1.165, 1.54) is 35.6 Å². The molecule has 0 fully saturated rings. The molecule has 0 unspecified atom stereocenters. The van der Waals surface area contributed by atoms with Gasteiger partial charge in [0.05, 0.1) is 12.6 Å². The van der Waals surface area contributed by atoms with Crippen LogP contribution in [0.1, 0.15) is 50.5 Å². The highest BCUT2D eigenvalue weighted by molar-refractivity contribution is 7.07. The van der Waals surface area contributed by atoms with Crippen LogP contribution in [0.5, 0.6) is 0 Å². The minimum Gasteiger partial charge on any atom is -0.346 e. The van der Waals surface area contributed by atoms with Crippen molar-refractivity contribution in [2.24, 2.45) is 4.99 Å². The molecule has 0 spiro atoms. The maximum Gasteiger partial charge on any atom is 0.279 e. The van der Waals surface area contributed by atoms with Crippen LogP contribution >= 0.6 is 11.3 Å². The first kappa shape index (κ1) is 23.3. The number of rotatable bonds is 6.